The third-order valence-electron chi connectivity index (χ3n) is 5.52. The van der Waals surface area contributed by atoms with Crippen molar-refractivity contribution in [2.24, 2.45) is 0 Å². The standard InChI is InChI=1S/C24H19ClN2O4/c25-19-13-16(14-20-21(19)31-12-11-30-20)15-27-22(28)24(26-23(27)29,17-7-3-1-4-8-17)18-9-5-2-6-10-18/h1-10,13-14H,11-12,15H2,(H,26,29). The minimum atomic E-state index is -1.29. The van der Waals surface area contributed by atoms with Gasteiger partial charge in [0.1, 0.15) is 13.2 Å². The highest BCUT2D eigenvalue weighted by Crippen LogP contribution is 2.40. The predicted molar refractivity (Wildman–Crippen MR) is 115 cm³/mol. The summed E-state index contributed by atoms with van der Waals surface area (Å²) in [7, 11) is 0. The van der Waals surface area contributed by atoms with Gasteiger partial charge in [-0.2, -0.15) is 0 Å². The quantitative estimate of drug-likeness (QED) is 0.627. The van der Waals surface area contributed by atoms with Crippen LogP contribution in [0.3, 0.4) is 0 Å². The van der Waals surface area contributed by atoms with Gasteiger partial charge in [0, 0.05) is 0 Å². The number of halogens is 1. The Bertz CT molecular complexity index is 1110. The number of fused-ring (bicyclic) bond motifs is 1. The fourth-order valence-electron chi connectivity index (χ4n) is 4.09. The molecule has 156 valence electrons. The molecule has 3 aromatic carbocycles. The second kappa shape index (κ2) is 7.63. The fraction of sp³-hybridized carbons (Fsp3) is 0.167. The van der Waals surface area contributed by atoms with Crippen LogP contribution in [0, 0.1) is 0 Å². The number of carbonyl (C=O) groups is 2. The summed E-state index contributed by atoms with van der Waals surface area (Å²) in [5.41, 5.74) is 0.774. The van der Waals surface area contributed by atoms with Gasteiger partial charge in [-0.05, 0) is 28.8 Å². The highest BCUT2D eigenvalue weighted by Gasteiger charge is 2.53. The van der Waals surface area contributed by atoms with Crippen molar-refractivity contribution in [3.63, 3.8) is 0 Å². The summed E-state index contributed by atoms with van der Waals surface area (Å²) in [5.74, 6) is 0.649. The maximum Gasteiger partial charge on any atom is 0.325 e. The van der Waals surface area contributed by atoms with Gasteiger partial charge >= 0.3 is 6.03 Å². The number of imide groups is 1. The second-order valence-corrected chi connectivity index (χ2v) is 7.81. The minimum Gasteiger partial charge on any atom is -0.486 e. The number of carbonyl (C=O) groups excluding carboxylic acids is 2. The zero-order valence-electron chi connectivity index (χ0n) is 16.5. The Morgan fingerprint density at radius 3 is 2.16 bits per heavy atom. The Hall–Kier alpha value is -3.51. The first-order valence-corrected chi connectivity index (χ1v) is 10.3. The molecular weight excluding hydrogens is 416 g/mol. The van der Waals surface area contributed by atoms with Crippen molar-refractivity contribution in [3.05, 3.63) is 94.5 Å². The molecule has 0 spiro atoms. The summed E-state index contributed by atoms with van der Waals surface area (Å²) in [6, 6.07) is 21.5. The average molecular weight is 435 g/mol. The smallest absolute Gasteiger partial charge is 0.325 e. The minimum absolute atomic E-state index is 0.0580. The van der Waals surface area contributed by atoms with E-state index in [1.807, 2.05) is 60.7 Å². The normalized spacial score (nSPS) is 16.9. The Kier molecular flexibility index (Phi) is 4.79. The molecule has 0 aromatic heterocycles. The van der Waals surface area contributed by atoms with E-state index in [-0.39, 0.29) is 12.5 Å². The number of ether oxygens (including phenoxy) is 2. The highest BCUT2D eigenvalue weighted by atomic mass is 35.5. The molecule has 2 aliphatic heterocycles. The van der Waals surface area contributed by atoms with E-state index in [4.69, 9.17) is 21.1 Å². The van der Waals surface area contributed by atoms with E-state index in [2.05, 4.69) is 5.32 Å². The highest BCUT2D eigenvalue weighted by molar-refractivity contribution is 6.32. The molecular formula is C24H19ClN2O4. The molecule has 0 atom stereocenters. The van der Waals surface area contributed by atoms with Crippen molar-refractivity contribution in [3.8, 4) is 11.5 Å². The first kappa shape index (κ1) is 19.5. The van der Waals surface area contributed by atoms with Crippen LogP contribution in [0.5, 0.6) is 11.5 Å². The number of amides is 3. The number of nitrogens with zero attached hydrogens (tertiary/aromatic N) is 1. The van der Waals surface area contributed by atoms with Gasteiger partial charge in [0.15, 0.2) is 17.0 Å². The van der Waals surface area contributed by atoms with E-state index < -0.39 is 11.6 Å². The molecule has 6 nitrogen and oxygen atoms in total. The first-order chi connectivity index (χ1) is 15.1. The zero-order chi connectivity index (χ0) is 21.4. The molecule has 3 amide bonds. The van der Waals surface area contributed by atoms with Crippen molar-refractivity contribution >= 4 is 23.5 Å². The van der Waals surface area contributed by atoms with Crippen molar-refractivity contribution in [2.75, 3.05) is 13.2 Å². The summed E-state index contributed by atoms with van der Waals surface area (Å²) in [4.78, 5) is 28.0. The van der Waals surface area contributed by atoms with Crippen molar-refractivity contribution in [1.29, 1.82) is 0 Å². The molecule has 0 saturated carbocycles. The van der Waals surface area contributed by atoms with Gasteiger partial charge in [-0.3, -0.25) is 9.69 Å². The largest absolute Gasteiger partial charge is 0.486 e. The lowest BCUT2D eigenvalue weighted by Gasteiger charge is -2.28. The van der Waals surface area contributed by atoms with Crippen molar-refractivity contribution < 1.29 is 19.1 Å². The van der Waals surface area contributed by atoms with Gasteiger partial charge in [-0.1, -0.05) is 72.3 Å². The summed E-state index contributed by atoms with van der Waals surface area (Å²) in [6.45, 7) is 0.902. The third kappa shape index (κ3) is 3.20. The molecule has 2 heterocycles. The van der Waals surface area contributed by atoms with Gasteiger partial charge in [-0.25, -0.2) is 4.79 Å². The molecule has 7 heteroatoms. The van der Waals surface area contributed by atoms with Crippen LogP contribution < -0.4 is 14.8 Å². The number of rotatable bonds is 4. The van der Waals surface area contributed by atoms with E-state index >= 15 is 0 Å². The topological polar surface area (TPSA) is 67.9 Å². The average Bonchev–Trinajstić information content (AvgIpc) is 3.06. The van der Waals surface area contributed by atoms with Crippen LogP contribution in [0.15, 0.2) is 72.8 Å². The SMILES string of the molecule is O=C1NC(c2ccccc2)(c2ccccc2)C(=O)N1Cc1cc(Cl)c2c(c1)OCCO2. The lowest BCUT2D eigenvalue weighted by atomic mass is 9.82. The molecule has 0 radical (unpaired) electrons. The molecule has 0 bridgehead atoms. The van der Waals surface area contributed by atoms with Crippen LogP contribution in [0.2, 0.25) is 5.02 Å². The Morgan fingerprint density at radius 1 is 0.903 bits per heavy atom. The number of hydrogen-bond donors (Lipinski definition) is 1. The van der Waals surface area contributed by atoms with Gasteiger partial charge in [-0.15, -0.1) is 0 Å². The molecule has 1 fully saturated rings. The maximum absolute atomic E-state index is 13.8. The van der Waals surface area contributed by atoms with Crippen LogP contribution in [-0.4, -0.2) is 30.1 Å². The molecule has 3 aromatic rings. The van der Waals surface area contributed by atoms with Gasteiger partial charge in [0.2, 0.25) is 0 Å². The van der Waals surface area contributed by atoms with E-state index in [1.165, 1.54) is 4.90 Å². The summed E-state index contributed by atoms with van der Waals surface area (Å²) in [6.07, 6.45) is 0. The Balaban J connectivity index is 1.54. The number of nitrogens with one attached hydrogen (secondary N) is 1. The van der Waals surface area contributed by atoms with Crippen LogP contribution in [0.25, 0.3) is 0 Å². The summed E-state index contributed by atoms with van der Waals surface area (Å²) in [5, 5.41) is 3.33. The first-order valence-electron chi connectivity index (χ1n) is 9.93. The second-order valence-electron chi connectivity index (χ2n) is 7.41. The monoisotopic (exact) mass is 434 g/mol. The zero-order valence-corrected chi connectivity index (χ0v) is 17.3. The van der Waals surface area contributed by atoms with Crippen LogP contribution >= 0.6 is 11.6 Å². The number of urea groups is 1. The predicted octanol–water partition coefficient (Wildman–Crippen LogP) is 4.11. The summed E-state index contributed by atoms with van der Waals surface area (Å²) >= 11 is 6.34. The van der Waals surface area contributed by atoms with Crippen molar-refractivity contribution in [2.45, 2.75) is 12.1 Å². The van der Waals surface area contributed by atoms with E-state index in [1.54, 1.807) is 12.1 Å². The Labute approximate surface area is 184 Å². The molecule has 5 rings (SSSR count). The van der Waals surface area contributed by atoms with E-state index in [0.717, 1.165) is 0 Å². The van der Waals surface area contributed by atoms with E-state index in [0.29, 0.717) is 46.4 Å². The van der Waals surface area contributed by atoms with Gasteiger partial charge < -0.3 is 14.8 Å². The number of benzene rings is 3. The molecule has 1 saturated heterocycles. The summed E-state index contributed by atoms with van der Waals surface area (Å²) < 4.78 is 11.2. The maximum atomic E-state index is 13.8. The lowest BCUT2D eigenvalue weighted by molar-refractivity contribution is -0.130. The van der Waals surface area contributed by atoms with Gasteiger partial charge in [0.05, 0.1) is 11.6 Å². The number of hydrogen-bond acceptors (Lipinski definition) is 4. The Morgan fingerprint density at radius 2 is 1.52 bits per heavy atom. The molecule has 1 N–H and O–H groups in total. The molecule has 31 heavy (non-hydrogen) atoms. The molecule has 0 aliphatic carbocycles. The van der Waals surface area contributed by atoms with Crippen LogP contribution in [0.4, 0.5) is 4.79 Å². The molecule has 0 unspecified atom stereocenters. The van der Waals surface area contributed by atoms with Gasteiger partial charge in [0.25, 0.3) is 5.91 Å². The third-order valence-corrected chi connectivity index (χ3v) is 5.80. The van der Waals surface area contributed by atoms with Crippen molar-refractivity contribution in [1.82, 2.24) is 10.2 Å². The fourth-order valence-corrected chi connectivity index (χ4v) is 4.38. The van der Waals surface area contributed by atoms with E-state index in [9.17, 15) is 9.59 Å². The molecule has 2 aliphatic rings. The van der Waals surface area contributed by atoms with Crippen LogP contribution in [0.1, 0.15) is 16.7 Å². The lowest BCUT2D eigenvalue weighted by Crippen LogP contribution is -2.45. The van der Waals surface area contributed by atoms with Crippen LogP contribution in [-0.2, 0) is 16.9 Å².